The highest BCUT2D eigenvalue weighted by Gasteiger charge is 2.21. The van der Waals surface area contributed by atoms with Crippen molar-refractivity contribution in [3.8, 4) is 0 Å². The zero-order valence-electron chi connectivity index (χ0n) is 11.7. The highest BCUT2D eigenvalue weighted by molar-refractivity contribution is 5.07. The summed E-state index contributed by atoms with van der Waals surface area (Å²) in [7, 11) is 0. The van der Waals surface area contributed by atoms with E-state index < -0.39 is 0 Å². The molecule has 0 amide bonds. The summed E-state index contributed by atoms with van der Waals surface area (Å²) in [5.41, 5.74) is 1.55. The van der Waals surface area contributed by atoms with Gasteiger partial charge in [-0.15, -0.1) is 0 Å². The molecule has 1 fully saturated rings. The molecule has 1 rings (SSSR count). The van der Waals surface area contributed by atoms with E-state index in [0.717, 1.165) is 11.8 Å². The monoisotopic (exact) mass is 244 g/mol. The zero-order chi connectivity index (χ0) is 11.1. The first kappa shape index (κ1) is 19.0. The van der Waals surface area contributed by atoms with Crippen LogP contribution >= 0.6 is 0 Å². The Morgan fingerprint density at radius 1 is 1.06 bits per heavy atom. The zero-order valence-corrected chi connectivity index (χ0v) is 11.7. The van der Waals surface area contributed by atoms with Gasteiger partial charge in [0, 0.05) is 0 Å². The van der Waals surface area contributed by atoms with Crippen LogP contribution < -0.4 is 0 Å². The fourth-order valence-electron chi connectivity index (χ4n) is 2.77. The van der Waals surface area contributed by atoms with E-state index in [0.29, 0.717) is 0 Å². The molecule has 0 bridgehead atoms. The Labute approximate surface area is 107 Å². The third-order valence-corrected chi connectivity index (χ3v) is 4.00. The lowest BCUT2D eigenvalue weighted by molar-refractivity contribution is 0.358. The molecule has 0 spiro atoms. The van der Waals surface area contributed by atoms with Gasteiger partial charge < -0.3 is 11.0 Å². The maximum atomic E-state index is 4.29. The summed E-state index contributed by atoms with van der Waals surface area (Å²) < 4.78 is 0. The van der Waals surface area contributed by atoms with Gasteiger partial charge in [-0.1, -0.05) is 64.5 Å². The fourth-order valence-corrected chi connectivity index (χ4v) is 2.77. The minimum atomic E-state index is 0. The van der Waals surface area contributed by atoms with Gasteiger partial charge in [0.2, 0.25) is 0 Å². The number of unbranched alkanes of at least 4 members (excludes halogenated alkanes) is 4. The van der Waals surface area contributed by atoms with Gasteiger partial charge in [-0.3, -0.25) is 0 Å². The summed E-state index contributed by atoms with van der Waals surface area (Å²) in [4.78, 5) is 0. The Morgan fingerprint density at radius 3 is 2.35 bits per heavy atom. The van der Waals surface area contributed by atoms with E-state index in [9.17, 15) is 0 Å². The van der Waals surface area contributed by atoms with E-state index in [2.05, 4.69) is 20.4 Å². The first-order chi connectivity index (χ1) is 7.25. The van der Waals surface area contributed by atoms with Gasteiger partial charge in [-0.25, -0.2) is 0 Å². The van der Waals surface area contributed by atoms with Crippen molar-refractivity contribution >= 4 is 0 Å². The fraction of sp³-hybridized carbons (Fsp3) is 0.867. The van der Waals surface area contributed by atoms with E-state index >= 15 is 0 Å². The summed E-state index contributed by atoms with van der Waals surface area (Å²) in [6, 6.07) is 0. The van der Waals surface area contributed by atoms with Crippen molar-refractivity contribution in [2.24, 2.45) is 11.8 Å². The molecule has 17 heavy (non-hydrogen) atoms. The van der Waals surface area contributed by atoms with Crippen LogP contribution in [0.1, 0.15) is 71.6 Å². The second kappa shape index (κ2) is 10.8. The minimum Gasteiger partial charge on any atom is -0.412 e. The Hall–Kier alpha value is -0.340. The molecule has 0 aliphatic heterocycles. The van der Waals surface area contributed by atoms with Gasteiger partial charge in [0.25, 0.3) is 0 Å². The lowest BCUT2D eigenvalue weighted by atomic mass is 9.76. The van der Waals surface area contributed by atoms with Crippen molar-refractivity contribution in [3.05, 3.63) is 12.2 Å². The Balaban J connectivity index is 0. The second-order valence-electron chi connectivity index (χ2n) is 5.31. The van der Waals surface area contributed by atoms with E-state index in [1.165, 1.54) is 57.8 Å². The lowest BCUT2D eigenvalue weighted by Crippen LogP contribution is -2.16. The summed E-state index contributed by atoms with van der Waals surface area (Å²) >= 11 is 0. The van der Waals surface area contributed by atoms with E-state index in [1.54, 1.807) is 5.57 Å². The molecular weight excluding hydrogens is 212 g/mol. The van der Waals surface area contributed by atoms with Gasteiger partial charge >= 0.3 is 0 Å². The van der Waals surface area contributed by atoms with Crippen molar-refractivity contribution < 1.29 is 11.0 Å². The lowest BCUT2D eigenvalue weighted by Gasteiger charge is -2.29. The predicted octanol–water partition coefficient (Wildman–Crippen LogP) is 3.69. The predicted molar refractivity (Wildman–Crippen MR) is 76.2 cm³/mol. The van der Waals surface area contributed by atoms with Gasteiger partial charge in [0.05, 0.1) is 0 Å². The number of allylic oxidation sites excluding steroid dienone is 1. The molecular formula is C15H32O2. The van der Waals surface area contributed by atoms with Crippen LogP contribution in [-0.4, -0.2) is 11.0 Å². The molecule has 0 heterocycles. The smallest absolute Gasteiger partial charge is 0.0203 e. The van der Waals surface area contributed by atoms with Crippen LogP contribution in [0.4, 0.5) is 0 Å². The molecule has 1 aliphatic carbocycles. The van der Waals surface area contributed by atoms with Crippen LogP contribution in [0.15, 0.2) is 12.2 Å². The van der Waals surface area contributed by atoms with Crippen LogP contribution in [0.3, 0.4) is 0 Å². The molecule has 0 aromatic heterocycles. The van der Waals surface area contributed by atoms with E-state index in [-0.39, 0.29) is 11.0 Å². The molecule has 2 heteroatoms. The van der Waals surface area contributed by atoms with Crippen molar-refractivity contribution in [1.29, 1.82) is 0 Å². The number of hydrogen-bond acceptors (Lipinski definition) is 0. The number of hydrogen-bond donors (Lipinski definition) is 0. The molecule has 1 saturated carbocycles. The van der Waals surface area contributed by atoms with Gasteiger partial charge in [-0.05, 0) is 31.1 Å². The van der Waals surface area contributed by atoms with Gasteiger partial charge in [0.1, 0.15) is 0 Å². The Bertz CT molecular complexity index is 189. The molecule has 2 nitrogen and oxygen atoms in total. The standard InChI is InChI=1S/C15H28.2H2O/c1-4-5-6-7-8-11-15-12-9-10-13(2)14(15)3;;/h13,15H,3-12H2,1-2H3;2*1H2. The molecule has 0 radical (unpaired) electrons. The summed E-state index contributed by atoms with van der Waals surface area (Å²) in [5.74, 6) is 1.65. The van der Waals surface area contributed by atoms with Crippen molar-refractivity contribution in [3.63, 3.8) is 0 Å². The van der Waals surface area contributed by atoms with Crippen molar-refractivity contribution in [1.82, 2.24) is 0 Å². The molecule has 0 saturated heterocycles. The Morgan fingerprint density at radius 2 is 1.71 bits per heavy atom. The van der Waals surface area contributed by atoms with Crippen LogP contribution in [0.2, 0.25) is 0 Å². The molecule has 1 aliphatic rings. The molecule has 2 atom stereocenters. The average Bonchev–Trinajstić information content (AvgIpc) is 2.24. The molecule has 104 valence electrons. The number of rotatable bonds is 6. The largest absolute Gasteiger partial charge is 0.412 e. The third kappa shape index (κ3) is 6.85. The minimum absolute atomic E-state index is 0. The summed E-state index contributed by atoms with van der Waals surface area (Å²) in [6.07, 6.45) is 12.7. The third-order valence-electron chi connectivity index (χ3n) is 4.00. The highest BCUT2D eigenvalue weighted by Crippen LogP contribution is 2.35. The molecule has 2 unspecified atom stereocenters. The van der Waals surface area contributed by atoms with E-state index in [4.69, 9.17) is 0 Å². The van der Waals surface area contributed by atoms with Crippen LogP contribution in [0.5, 0.6) is 0 Å². The molecule has 0 aromatic rings. The van der Waals surface area contributed by atoms with Crippen LogP contribution in [0, 0.1) is 11.8 Å². The average molecular weight is 244 g/mol. The van der Waals surface area contributed by atoms with Crippen LogP contribution in [0.25, 0.3) is 0 Å². The first-order valence-corrected chi connectivity index (χ1v) is 6.94. The SMILES string of the molecule is C=C1C(C)CCCC1CCCCCCC.O.O. The maximum absolute atomic E-state index is 4.29. The molecule has 0 aromatic carbocycles. The summed E-state index contributed by atoms with van der Waals surface area (Å²) in [6.45, 7) is 8.93. The van der Waals surface area contributed by atoms with Crippen molar-refractivity contribution in [2.75, 3.05) is 0 Å². The first-order valence-electron chi connectivity index (χ1n) is 6.94. The summed E-state index contributed by atoms with van der Waals surface area (Å²) in [5, 5.41) is 0. The highest BCUT2D eigenvalue weighted by atomic mass is 16.0. The quantitative estimate of drug-likeness (QED) is 0.505. The topological polar surface area (TPSA) is 63.0 Å². The maximum Gasteiger partial charge on any atom is -0.0203 e. The molecule has 4 N–H and O–H groups in total. The van der Waals surface area contributed by atoms with Crippen LogP contribution in [-0.2, 0) is 0 Å². The second-order valence-corrected chi connectivity index (χ2v) is 5.31. The van der Waals surface area contributed by atoms with Gasteiger partial charge in [-0.2, -0.15) is 0 Å². The van der Waals surface area contributed by atoms with E-state index in [1.807, 2.05) is 0 Å². The normalized spacial score (nSPS) is 23.8. The van der Waals surface area contributed by atoms with Gasteiger partial charge in [0.15, 0.2) is 0 Å². The Kier molecular flexibility index (Phi) is 12.1. The van der Waals surface area contributed by atoms with Crippen molar-refractivity contribution in [2.45, 2.75) is 71.6 Å².